The molecule has 0 aliphatic heterocycles. The van der Waals surface area contributed by atoms with Crippen molar-refractivity contribution in [3.63, 3.8) is 0 Å². The van der Waals surface area contributed by atoms with E-state index < -0.39 is 0 Å². The Balaban J connectivity index is 0.00000112. The van der Waals surface area contributed by atoms with E-state index in [1.807, 2.05) is 25.3 Å². The average molecular weight is 224 g/mol. The molecule has 2 aromatic rings. The predicted molar refractivity (Wildman–Crippen MR) is 63.9 cm³/mol. The van der Waals surface area contributed by atoms with Gasteiger partial charge in [-0.3, -0.25) is 5.10 Å². The van der Waals surface area contributed by atoms with Gasteiger partial charge in [-0.15, -0.1) is 12.4 Å². The number of benzene rings is 1. The fraction of sp³-hybridized carbons (Fsp3) is 0.182. The van der Waals surface area contributed by atoms with Crippen molar-refractivity contribution in [1.29, 1.82) is 0 Å². The lowest BCUT2D eigenvalue weighted by Crippen LogP contribution is -2.04. The molecule has 1 atom stereocenters. The molecule has 0 aliphatic rings. The molecule has 80 valence electrons. The van der Waals surface area contributed by atoms with E-state index in [4.69, 9.17) is 5.73 Å². The van der Waals surface area contributed by atoms with Gasteiger partial charge in [-0.2, -0.15) is 5.10 Å². The van der Waals surface area contributed by atoms with Crippen molar-refractivity contribution in [1.82, 2.24) is 10.2 Å². The Bertz CT molecular complexity index is 392. The first-order valence-corrected chi connectivity index (χ1v) is 4.62. The molecule has 0 bridgehead atoms. The molecule has 15 heavy (non-hydrogen) atoms. The number of nitrogens with zero attached hydrogens (tertiary/aromatic N) is 1. The van der Waals surface area contributed by atoms with Crippen LogP contribution in [0.2, 0.25) is 0 Å². The Morgan fingerprint density at radius 3 is 2.33 bits per heavy atom. The molecule has 0 fully saturated rings. The predicted octanol–water partition coefficient (Wildman–Crippen LogP) is 2.52. The van der Waals surface area contributed by atoms with Crippen LogP contribution in [0.4, 0.5) is 0 Å². The summed E-state index contributed by atoms with van der Waals surface area (Å²) in [5.74, 6) is 0. The zero-order chi connectivity index (χ0) is 9.97. The number of nitrogens with one attached hydrogen (secondary N) is 1. The number of halogens is 1. The standard InChI is InChI=1S/C11H13N3.ClH/c1-8(12)9-2-4-10(5-3-9)11-6-13-14-7-11;/h2-8H,12H2,1H3,(H,13,14);1H. The number of nitrogens with two attached hydrogens (primary N) is 1. The van der Waals surface area contributed by atoms with Crippen molar-refractivity contribution < 1.29 is 0 Å². The van der Waals surface area contributed by atoms with E-state index in [9.17, 15) is 0 Å². The molecule has 0 spiro atoms. The third kappa shape index (κ3) is 2.58. The van der Waals surface area contributed by atoms with Crippen LogP contribution >= 0.6 is 12.4 Å². The number of hydrogen-bond donors (Lipinski definition) is 2. The normalized spacial score (nSPS) is 11.9. The SMILES string of the molecule is CC(N)c1ccc(-c2cn[nH]c2)cc1.Cl. The van der Waals surface area contributed by atoms with Crippen molar-refractivity contribution in [2.75, 3.05) is 0 Å². The van der Waals surface area contributed by atoms with Crippen LogP contribution in [0, 0.1) is 0 Å². The van der Waals surface area contributed by atoms with Gasteiger partial charge in [-0.1, -0.05) is 24.3 Å². The summed E-state index contributed by atoms with van der Waals surface area (Å²) in [6.07, 6.45) is 3.68. The number of rotatable bonds is 2. The zero-order valence-electron chi connectivity index (χ0n) is 8.47. The quantitative estimate of drug-likeness (QED) is 0.822. The molecule has 1 heterocycles. The Labute approximate surface area is 95.1 Å². The van der Waals surface area contributed by atoms with Crippen LogP contribution in [0.25, 0.3) is 11.1 Å². The van der Waals surface area contributed by atoms with E-state index in [0.717, 1.165) is 16.7 Å². The first-order valence-electron chi connectivity index (χ1n) is 4.62. The first kappa shape index (κ1) is 11.8. The van der Waals surface area contributed by atoms with Crippen LogP contribution in [0.15, 0.2) is 36.7 Å². The number of hydrogen-bond acceptors (Lipinski definition) is 2. The molecule has 2 rings (SSSR count). The van der Waals surface area contributed by atoms with Crippen molar-refractivity contribution in [2.24, 2.45) is 5.73 Å². The maximum Gasteiger partial charge on any atom is 0.0565 e. The van der Waals surface area contributed by atoms with Crippen molar-refractivity contribution in [3.05, 3.63) is 42.2 Å². The van der Waals surface area contributed by atoms with Gasteiger partial charge < -0.3 is 5.73 Å². The summed E-state index contributed by atoms with van der Waals surface area (Å²) in [6, 6.07) is 8.31. The lowest BCUT2D eigenvalue weighted by molar-refractivity contribution is 0.818. The molecule has 4 heteroatoms. The highest BCUT2D eigenvalue weighted by atomic mass is 35.5. The molecular weight excluding hydrogens is 210 g/mol. The van der Waals surface area contributed by atoms with E-state index in [1.165, 1.54) is 0 Å². The highest BCUT2D eigenvalue weighted by Gasteiger charge is 2.01. The highest BCUT2D eigenvalue weighted by molar-refractivity contribution is 5.85. The van der Waals surface area contributed by atoms with Gasteiger partial charge >= 0.3 is 0 Å². The molecule has 1 aromatic carbocycles. The summed E-state index contributed by atoms with van der Waals surface area (Å²) in [6.45, 7) is 1.98. The zero-order valence-corrected chi connectivity index (χ0v) is 9.29. The van der Waals surface area contributed by atoms with E-state index in [-0.39, 0.29) is 18.4 Å². The van der Waals surface area contributed by atoms with Crippen LogP contribution in [0.1, 0.15) is 18.5 Å². The molecule has 3 N–H and O–H groups in total. The van der Waals surface area contributed by atoms with E-state index in [2.05, 4.69) is 22.3 Å². The first-order chi connectivity index (χ1) is 6.77. The van der Waals surface area contributed by atoms with E-state index in [0.29, 0.717) is 0 Å². The van der Waals surface area contributed by atoms with Crippen LogP contribution in [0.3, 0.4) is 0 Å². The van der Waals surface area contributed by atoms with Crippen molar-refractivity contribution in [3.8, 4) is 11.1 Å². The van der Waals surface area contributed by atoms with Gasteiger partial charge in [-0.05, 0) is 18.1 Å². The topological polar surface area (TPSA) is 54.7 Å². The van der Waals surface area contributed by atoms with E-state index >= 15 is 0 Å². The van der Waals surface area contributed by atoms with Crippen LogP contribution in [-0.2, 0) is 0 Å². The van der Waals surface area contributed by atoms with Gasteiger partial charge in [0.1, 0.15) is 0 Å². The summed E-state index contributed by atoms with van der Waals surface area (Å²) < 4.78 is 0. The monoisotopic (exact) mass is 223 g/mol. The minimum absolute atomic E-state index is 0. The Morgan fingerprint density at radius 2 is 1.87 bits per heavy atom. The molecule has 0 amide bonds. The number of aromatic nitrogens is 2. The fourth-order valence-electron chi connectivity index (χ4n) is 1.39. The molecule has 0 aliphatic carbocycles. The van der Waals surface area contributed by atoms with Gasteiger partial charge in [-0.25, -0.2) is 0 Å². The van der Waals surface area contributed by atoms with Crippen LogP contribution in [-0.4, -0.2) is 10.2 Å². The summed E-state index contributed by atoms with van der Waals surface area (Å²) in [5, 5.41) is 6.70. The smallest absolute Gasteiger partial charge is 0.0565 e. The molecule has 1 unspecified atom stereocenters. The lowest BCUT2D eigenvalue weighted by atomic mass is 10.0. The molecule has 3 nitrogen and oxygen atoms in total. The average Bonchev–Trinajstić information content (AvgIpc) is 2.71. The van der Waals surface area contributed by atoms with Crippen molar-refractivity contribution in [2.45, 2.75) is 13.0 Å². The minimum Gasteiger partial charge on any atom is -0.324 e. The van der Waals surface area contributed by atoms with Gasteiger partial charge in [0.25, 0.3) is 0 Å². The Kier molecular flexibility index (Phi) is 3.88. The van der Waals surface area contributed by atoms with E-state index in [1.54, 1.807) is 6.20 Å². The second kappa shape index (κ2) is 4.96. The summed E-state index contributed by atoms with van der Waals surface area (Å²) in [5.41, 5.74) is 9.17. The lowest BCUT2D eigenvalue weighted by Gasteiger charge is -2.05. The largest absolute Gasteiger partial charge is 0.324 e. The Hall–Kier alpha value is -1.32. The highest BCUT2D eigenvalue weighted by Crippen LogP contribution is 2.19. The molecule has 1 aromatic heterocycles. The van der Waals surface area contributed by atoms with Crippen molar-refractivity contribution >= 4 is 12.4 Å². The fourth-order valence-corrected chi connectivity index (χ4v) is 1.39. The molecule has 0 saturated carbocycles. The summed E-state index contributed by atoms with van der Waals surface area (Å²) >= 11 is 0. The third-order valence-corrected chi connectivity index (χ3v) is 2.27. The third-order valence-electron chi connectivity index (χ3n) is 2.27. The van der Waals surface area contributed by atoms with Gasteiger partial charge in [0.2, 0.25) is 0 Å². The second-order valence-electron chi connectivity index (χ2n) is 3.40. The van der Waals surface area contributed by atoms with Gasteiger partial charge in [0.15, 0.2) is 0 Å². The Morgan fingerprint density at radius 1 is 1.20 bits per heavy atom. The van der Waals surface area contributed by atoms with Crippen LogP contribution < -0.4 is 5.73 Å². The summed E-state index contributed by atoms with van der Waals surface area (Å²) in [4.78, 5) is 0. The molecular formula is C11H14ClN3. The van der Waals surface area contributed by atoms with Gasteiger partial charge in [0, 0.05) is 17.8 Å². The molecule has 0 radical (unpaired) electrons. The number of H-pyrrole nitrogens is 1. The molecule has 0 saturated heterocycles. The maximum absolute atomic E-state index is 5.76. The maximum atomic E-state index is 5.76. The minimum atomic E-state index is 0. The second-order valence-corrected chi connectivity index (χ2v) is 3.40. The number of aromatic amines is 1. The van der Waals surface area contributed by atoms with Crippen LogP contribution in [0.5, 0.6) is 0 Å². The van der Waals surface area contributed by atoms with Gasteiger partial charge in [0.05, 0.1) is 6.20 Å². The summed E-state index contributed by atoms with van der Waals surface area (Å²) in [7, 11) is 0.